The number of nitrogens with two attached hydrogens (primary N) is 3. The molecule has 0 saturated heterocycles. The lowest BCUT2D eigenvalue weighted by molar-refractivity contribution is 0.297. The minimum Gasteiger partial charge on any atom is -0.492 e. The predicted octanol–water partition coefficient (Wildman–Crippen LogP) is 1.10. The zero-order valence-electron chi connectivity index (χ0n) is 15.6. The Hall–Kier alpha value is -3.33. The molecule has 9 heteroatoms. The van der Waals surface area contributed by atoms with Crippen molar-refractivity contribution in [2.75, 3.05) is 13.7 Å². The van der Waals surface area contributed by atoms with Crippen LogP contribution in [0, 0.1) is 11.7 Å². The van der Waals surface area contributed by atoms with E-state index < -0.39 is 0 Å². The van der Waals surface area contributed by atoms with Crippen LogP contribution in [0.3, 0.4) is 0 Å². The first-order chi connectivity index (χ1) is 13.5. The second-order valence-corrected chi connectivity index (χ2v) is 6.49. The Balaban J connectivity index is 2.00. The molecule has 8 N–H and O–H groups in total. The van der Waals surface area contributed by atoms with Gasteiger partial charge in [0.1, 0.15) is 11.6 Å². The van der Waals surface area contributed by atoms with E-state index in [4.69, 9.17) is 22.0 Å². The standard InChI is InChI=1S/C19H24FN7O/c1-24-18(14-5-4-13(20)9-16(14)28-10-11-2-3-11)17(21)15-8-12(6-7-25-15)19(22)26-27-23/h4-9,11,24,27H,2-3,10,21,23H2,1H3,(H2,22,26)/b18-17-. The van der Waals surface area contributed by atoms with Gasteiger partial charge >= 0.3 is 0 Å². The lowest BCUT2D eigenvalue weighted by Crippen LogP contribution is -2.23. The number of benzene rings is 1. The summed E-state index contributed by atoms with van der Waals surface area (Å²) in [7, 11) is 1.73. The van der Waals surface area contributed by atoms with Gasteiger partial charge in [0.15, 0.2) is 5.84 Å². The minimum absolute atomic E-state index is 0.195. The molecule has 8 nitrogen and oxygen atoms in total. The zero-order valence-corrected chi connectivity index (χ0v) is 15.6. The van der Waals surface area contributed by atoms with Crippen molar-refractivity contribution in [1.82, 2.24) is 15.8 Å². The average Bonchev–Trinajstić information content (AvgIpc) is 3.53. The van der Waals surface area contributed by atoms with E-state index in [-0.39, 0.29) is 11.7 Å². The largest absolute Gasteiger partial charge is 0.492 e. The zero-order chi connectivity index (χ0) is 20.1. The summed E-state index contributed by atoms with van der Waals surface area (Å²) in [4.78, 5) is 4.31. The van der Waals surface area contributed by atoms with Crippen molar-refractivity contribution in [2.24, 2.45) is 28.3 Å². The molecule has 0 unspecified atom stereocenters. The highest BCUT2D eigenvalue weighted by molar-refractivity contribution is 5.98. The summed E-state index contributed by atoms with van der Waals surface area (Å²) in [5, 5.41) is 6.82. The van der Waals surface area contributed by atoms with Crippen LogP contribution in [0.4, 0.5) is 4.39 Å². The van der Waals surface area contributed by atoms with E-state index in [1.54, 1.807) is 31.4 Å². The van der Waals surface area contributed by atoms with E-state index in [1.165, 1.54) is 12.1 Å². The van der Waals surface area contributed by atoms with Gasteiger partial charge in [0.2, 0.25) is 0 Å². The Labute approximate surface area is 162 Å². The highest BCUT2D eigenvalue weighted by atomic mass is 19.1. The van der Waals surface area contributed by atoms with Gasteiger partial charge in [0.05, 0.1) is 23.7 Å². The third-order valence-corrected chi connectivity index (χ3v) is 4.42. The summed E-state index contributed by atoms with van der Waals surface area (Å²) in [6.07, 6.45) is 3.84. The number of hydrazine groups is 1. The van der Waals surface area contributed by atoms with E-state index in [1.807, 2.05) is 0 Å². The molecule has 1 aliphatic carbocycles. The second kappa shape index (κ2) is 8.57. The van der Waals surface area contributed by atoms with Crippen molar-refractivity contribution >= 4 is 17.2 Å². The molecule has 28 heavy (non-hydrogen) atoms. The van der Waals surface area contributed by atoms with Crippen molar-refractivity contribution in [3.8, 4) is 5.75 Å². The Kier molecular flexibility index (Phi) is 5.95. The Bertz CT molecular complexity index is 909. The third kappa shape index (κ3) is 4.49. The van der Waals surface area contributed by atoms with Crippen molar-refractivity contribution in [3.63, 3.8) is 0 Å². The molecule has 1 saturated carbocycles. The molecule has 0 radical (unpaired) electrons. The van der Waals surface area contributed by atoms with E-state index >= 15 is 0 Å². The highest BCUT2D eigenvalue weighted by Crippen LogP contribution is 2.33. The molecular formula is C19H24FN7O. The molecule has 1 aromatic carbocycles. The molecule has 0 amide bonds. The van der Waals surface area contributed by atoms with Gasteiger partial charge in [-0.2, -0.15) is 0 Å². The highest BCUT2D eigenvalue weighted by Gasteiger charge is 2.23. The number of hydrogen-bond acceptors (Lipinski definition) is 7. The topological polar surface area (TPSA) is 137 Å². The van der Waals surface area contributed by atoms with Crippen LogP contribution in [0.15, 0.2) is 41.6 Å². The number of nitrogens with one attached hydrogen (secondary N) is 2. The third-order valence-electron chi connectivity index (χ3n) is 4.42. The van der Waals surface area contributed by atoms with Crippen LogP contribution in [0.5, 0.6) is 5.75 Å². The van der Waals surface area contributed by atoms with Crippen LogP contribution >= 0.6 is 0 Å². The Morgan fingerprint density at radius 2 is 2.07 bits per heavy atom. The van der Waals surface area contributed by atoms with Crippen LogP contribution in [0.1, 0.15) is 29.7 Å². The number of hydrogen-bond donors (Lipinski definition) is 5. The van der Waals surface area contributed by atoms with Gasteiger partial charge in [-0.05, 0) is 43.0 Å². The van der Waals surface area contributed by atoms with E-state index in [0.717, 1.165) is 12.8 Å². The maximum Gasteiger partial charge on any atom is 0.152 e. The molecule has 1 heterocycles. The number of aromatic nitrogens is 1. The van der Waals surface area contributed by atoms with Crippen LogP contribution < -0.4 is 32.9 Å². The maximum atomic E-state index is 13.8. The molecule has 148 valence electrons. The fourth-order valence-electron chi connectivity index (χ4n) is 2.73. The van der Waals surface area contributed by atoms with Gasteiger partial charge < -0.3 is 21.5 Å². The summed E-state index contributed by atoms with van der Waals surface area (Å²) in [5.74, 6) is 5.96. The van der Waals surface area contributed by atoms with Gasteiger partial charge in [-0.1, -0.05) is 0 Å². The smallest absolute Gasteiger partial charge is 0.152 e. The van der Waals surface area contributed by atoms with E-state index in [2.05, 4.69) is 20.9 Å². The van der Waals surface area contributed by atoms with Crippen molar-refractivity contribution in [2.45, 2.75) is 12.8 Å². The van der Waals surface area contributed by atoms with Crippen molar-refractivity contribution in [1.29, 1.82) is 0 Å². The summed E-state index contributed by atoms with van der Waals surface area (Å²) in [6, 6.07) is 7.74. The quantitative estimate of drug-likeness (QED) is 0.199. The maximum absolute atomic E-state index is 13.8. The fraction of sp³-hybridized carbons (Fsp3) is 0.263. The fourth-order valence-corrected chi connectivity index (χ4v) is 2.73. The van der Waals surface area contributed by atoms with E-state index in [9.17, 15) is 4.39 Å². The first kappa shape index (κ1) is 19.4. The normalized spacial score (nSPS) is 15.0. The second-order valence-electron chi connectivity index (χ2n) is 6.49. The van der Waals surface area contributed by atoms with Crippen molar-refractivity contribution < 1.29 is 9.13 Å². The van der Waals surface area contributed by atoms with Crippen LogP contribution in [-0.2, 0) is 0 Å². The summed E-state index contributed by atoms with van der Waals surface area (Å²) in [5.41, 5.74) is 17.1. The number of nitrogens with zero attached hydrogens (tertiary/aromatic N) is 2. The van der Waals surface area contributed by atoms with E-state index in [0.29, 0.717) is 46.5 Å². The number of ether oxygens (including phenoxy) is 1. The molecule has 3 rings (SSSR count). The number of halogens is 1. The van der Waals surface area contributed by atoms with Crippen molar-refractivity contribution in [3.05, 3.63) is 59.2 Å². The monoisotopic (exact) mass is 385 g/mol. The molecule has 0 bridgehead atoms. The van der Waals surface area contributed by atoms with Gasteiger partial charge in [-0.3, -0.25) is 4.98 Å². The predicted molar refractivity (Wildman–Crippen MR) is 107 cm³/mol. The van der Waals surface area contributed by atoms with Gasteiger partial charge in [-0.25, -0.2) is 15.8 Å². The first-order valence-electron chi connectivity index (χ1n) is 8.89. The summed E-state index contributed by atoms with van der Waals surface area (Å²) >= 11 is 0. The average molecular weight is 385 g/mol. The molecule has 2 aromatic rings. The SMILES string of the molecule is CN/C(=C(\N)c1cc(/C(N)=N/NN)ccn1)c1ccc(F)cc1OCC1CC1. The van der Waals surface area contributed by atoms with Gasteiger partial charge in [0, 0.05) is 30.4 Å². The molecule has 0 spiro atoms. The first-order valence-corrected chi connectivity index (χ1v) is 8.89. The van der Waals surface area contributed by atoms with Gasteiger partial charge in [0.25, 0.3) is 0 Å². The van der Waals surface area contributed by atoms with Crippen LogP contribution in [-0.4, -0.2) is 24.5 Å². The molecule has 0 atom stereocenters. The number of pyridine rings is 1. The molecule has 1 aliphatic rings. The van der Waals surface area contributed by atoms with Gasteiger partial charge in [-0.15, -0.1) is 5.10 Å². The summed E-state index contributed by atoms with van der Waals surface area (Å²) in [6.45, 7) is 0.556. The Morgan fingerprint density at radius 3 is 2.75 bits per heavy atom. The molecule has 1 aromatic heterocycles. The molecular weight excluding hydrogens is 361 g/mol. The number of amidine groups is 1. The molecule has 1 fully saturated rings. The number of hydrazone groups is 1. The lowest BCUT2D eigenvalue weighted by atomic mass is 10.1. The molecule has 0 aliphatic heterocycles. The Morgan fingerprint density at radius 1 is 1.29 bits per heavy atom. The van der Waals surface area contributed by atoms with Crippen LogP contribution in [0.25, 0.3) is 11.4 Å². The lowest BCUT2D eigenvalue weighted by Gasteiger charge is -2.17. The minimum atomic E-state index is -0.373. The number of rotatable bonds is 8. The summed E-state index contributed by atoms with van der Waals surface area (Å²) < 4.78 is 19.6. The van der Waals surface area contributed by atoms with Crippen LogP contribution in [0.2, 0.25) is 0 Å².